The molecule has 1 heterocycles. The Morgan fingerprint density at radius 2 is 1.30 bits per heavy atom. The van der Waals surface area contributed by atoms with Crippen molar-refractivity contribution in [1.29, 1.82) is 0 Å². The van der Waals surface area contributed by atoms with Crippen molar-refractivity contribution in [3.63, 3.8) is 0 Å². The number of hydrogen-bond donors (Lipinski definition) is 0. The number of anilines is 2. The predicted molar refractivity (Wildman–Crippen MR) is 93.1 cm³/mol. The highest BCUT2D eigenvalue weighted by Crippen LogP contribution is 2.51. The second kappa shape index (κ2) is 5.25. The predicted octanol–water partition coefficient (Wildman–Crippen LogP) is 4.85. The van der Waals surface area contributed by atoms with E-state index in [2.05, 4.69) is 0 Å². The van der Waals surface area contributed by atoms with Crippen LogP contribution in [0.5, 0.6) is 0 Å². The van der Waals surface area contributed by atoms with Gasteiger partial charge in [-0.15, -0.1) is 0 Å². The Bertz CT molecular complexity index is 863. The van der Waals surface area contributed by atoms with E-state index in [4.69, 9.17) is 11.6 Å². The lowest BCUT2D eigenvalue weighted by Crippen LogP contribution is -2.34. The first-order valence-electron chi connectivity index (χ1n) is 7.46. The molecule has 0 aliphatic carbocycles. The van der Waals surface area contributed by atoms with Crippen LogP contribution in [0.25, 0.3) is 0 Å². The summed E-state index contributed by atoms with van der Waals surface area (Å²) in [5.41, 5.74) is 3.27. The molecule has 3 heteroatoms. The largest absolute Gasteiger partial charge is 0.279 e. The van der Waals surface area contributed by atoms with Crippen molar-refractivity contribution in [2.45, 2.75) is 4.87 Å². The van der Waals surface area contributed by atoms with Crippen LogP contribution in [-0.2, 0) is 9.67 Å². The van der Waals surface area contributed by atoms with Gasteiger partial charge in [-0.25, -0.2) is 0 Å². The van der Waals surface area contributed by atoms with Gasteiger partial charge >= 0.3 is 0 Å². The molecule has 1 unspecified atom stereocenters. The van der Waals surface area contributed by atoms with Gasteiger partial charge in [0, 0.05) is 11.3 Å². The average molecular weight is 320 g/mol. The molecule has 1 aliphatic rings. The third kappa shape index (κ3) is 1.99. The Labute approximate surface area is 139 Å². The van der Waals surface area contributed by atoms with Crippen LogP contribution in [0.3, 0.4) is 0 Å². The third-order valence-electron chi connectivity index (χ3n) is 4.20. The number of rotatable bonds is 2. The van der Waals surface area contributed by atoms with Crippen LogP contribution in [-0.4, -0.2) is 5.91 Å². The first-order chi connectivity index (χ1) is 11.2. The summed E-state index contributed by atoms with van der Waals surface area (Å²) in [6.07, 6.45) is 0. The van der Waals surface area contributed by atoms with Crippen molar-refractivity contribution in [3.8, 4) is 0 Å². The van der Waals surface area contributed by atoms with E-state index in [1.165, 1.54) is 0 Å². The monoisotopic (exact) mass is 319 g/mol. The molecule has 0 saturated carbocycles. The zero-order valence-corrected chi connectivity index (χ0v) is 13.1. The maximum absolute atomic E-state index is 13.3. The topological polar surface area (TPSA) is 20.3 Å². The maximum Gasteiger partial charge on any atom is 0.261 e. The van der Waals surface area contributed by atoms with E-state index in [9.17, 15) is 4.79 Å². The number of halogens is 1. The van der Waals surface area contributed by atoms with E-state index >= 15 is 0 Å². The Kier molecular flexibility index (Phi) is 3.21. The molecular formula is C20H14ClNO. The highest BCUT2D eigenvalue weighted by molar-refractivity contribution is 6.42. The Morgan fingerprint density at radius 1 is 0.739 bits per heavy atom. The normalized spacial score (nSPS) is 19.7. The number of nitrogens with zero attached hydrogens (tertiary/aromatic N) is 1. The first kappa shape index (κ1) is 14.0. The van der Waals surface area contributed by atoms with Gasteiger partial charge in [0.05, 0.1) is 5.69 Å². The van der Waals surface area contributed by atoms with Crippen molar-refractivity contribution in [2.24, 2.45) is 0 Å². The molecule has 2 nitrogen and oxygen atoms in total. The second-order valence-corrected chi connectivity index (χ2v) is 6.08. The van der Waals surface area contributed by atoms with Crippen LogP contribution < -0.4 is 4.90 Å². The summed E-state index contributed by atoms with van der Waals surface area (Å²) in [5, 5.41) is 0. The maximum atomic E-state index is 13.3. The van der Waals surface area contributed by atoms with Gasteiger partial charge in [-0.2, -0.15) is 0 Å². The van der Waals surface area contributed by atoms with Crippen LogP contribution >= 0.6 is 11.6 Å². The molecule has 3 aromatic rings. The van der Waals surface area contributed by atoms with E-state index in [1.54, 1.807) is 4.90 Å². The molecule has 1 atom stereocenters. The molecule has 23 heavy (non-hydrogen) atoms. The SMILES string of the molecule is O=C1N(c2ccccc2)c2ccccc2C1(Cl)c1ccccc1. The van der Waals surface area contributed by atoms with E-state index in [0.29, 0.717) is 0 Å². The number of carbonyl (C=O) groups is 1. The van der Waals surface area contributed by atoms with Gasteiger partial charge in [0.15, 0.2) is 4.87 Å². The van der Waals surface area contributed by atoms with E-state index in [1.807, 2.05) is 84.9 Å². The Hall–Kier alpha value is -2.58. The molecule has 0 bridgehead atoms. The van der Waals surface area contributed by atoms with Crippen molar-refractivity contribution in [2.75, 3.05) is 4.90 Å². The summed E-state index contributed by atoms with van der Waals surface area (Å²) in [7, 11) is 0. The number of amides is 1. The zero-order chi connectivity index (χ0) is 15.9. The smallest absolute Gasteiger partial charge is 0.261 e. The second-order valence-electron chi connectivity index (χ2n) is 5.52. The minimum Gasteiger partial charge on any atom is -0.279 e. The van der Waals surface area contributed by atoms with Crippen LogP contribution in [0.15, 0.2) is 84.9 Å². The lowest BCUT2D eigenvalue weighted by atomic mass is 9.91. The molecular weight excluding hydrogens is 306 g/mol. The fraction of sp³-hybridized carbons (Fsp3) is 0.0500. The lowest BCUT2D eigenvalue weighted by molar-refractivity contribution is -0.118. The van der Waals surface area contributed by atoms with Crippen molar-refractivity contribution < 1.29 is 4.79 Å². The van der Waals surface area contributed by atoms with Gasteiger partial charge in [0.2, 0.25) is 0 Å². The fourth-order valence-electron chi connectivity index (χ4n) is 3.12. The number of benzene rings is 3. The number of para-hydroxylation sites is 2. The molecule has 0 spiro atoms. The molecule has 0 aromatic heterocycles. The van der Waals surface area contributed by atoms with Gasteiger partial charge in [0.1, 0.15) is 0 Å². The van der Waals surface area contributed by atoms with Crippen molar-refractivity contribution in [1.82, 2.24) is 0 Å². The van der Waals surface area contributed by atoms with Gasteiger partial charge in [0.25, 0.3) is 5.91 Å². The molecule has 3 aromatic carbocycles. The van der Waals surface area contributed by atoms with Crippen molar-refractivity contribution in [3.05, 3.63) is 96.1 Å². The van der Waals surface area contributed by atoms with Crippen LogP contribution in [0.4, 0.5) is 11.4 Å². The minimum absolute atomic E-state index is 0.141. The fourth-order valence-corrected chi connectivity index (χ4v) is 3.49. The molecule has 0 N–H and O–H groups in total. The summed E-state index contributed by atoms with van der Waals surface area (Å²) in [4.78, 5) is 13.8. The summed E-state index contributed by atoms with van der Waals surface area (Å²) in [5.74, 6) is -0.141. The highest BCUT2D eigenvalue weighted by atomic mass is 35.5. The standard InChI is InChI=1S/C20H14ClNO/c21-20(15-9-3-1-4-10-15)17-13-7-8-14-18(17)22(19(20)23)16-11-5-2-6-12-16/h1-14H. The molecule has 112 valence electrons. The van der Waals surface area contributed by atoms with Gasteiger partial charge < -0.3 is 0 Å². The number of fused-ring (bicyclic) bond motifs is 1. The van der Waals surface area contributed by atoms with E-state index in [-0.39, 0.29) is 5.91 Å². The summed E-state index contributed by atoms with van der Waals surface area (Å²) >= 11 is 6.93. The van der Waals surface area contributed by atoms with Crippen LogP contribution in [0.2, 0.25) is 0 Å². The number of carbonyl (C=O) groups excluding carboxylic acids is 1. The van der Waals surface area contributed by atoms with Gasteiger partial charge in [-0.05, 0) is 23.8 Å². The van der Waals surface area contributed by atoms with Crippen molar-refractivity contribution >= 4 is 28.9 Å². The first-order valence-corrected chi connectivity index (χ1v) is 7.84. The van der Waals surface area contributed by atoms with Crippen LogP contribution in [0.1, 0.15) is 11.1 Å². The average Bonchev–Trinajstić information content (AvgIpc) is 2.86. The number of hydrogen-bond acceptors (Lipinski definition) is 1. The molecule has 0 radical (unpaired) electrons. The molecule has 1 aliphatic heterocycles. The summed E-state index contributed by atoms with van der Waals surface area (Å²) in [6, 6.07) is 26.8. The number of alkyl halides is 1. The van der Waals surface area contributed by atoms with E-state index < -0.39 is 4.87 Å². The molecule has 0 fully saturated rings. The zero-order valence-electron chi connectivity index (χ0n) is 12.3. The van der Waals surface area contributed by atoms with E-state index in [0.717, 1.165) is 22.5 Å². The van der Waals surface area contributed by atoms with Gasteiger partial charge in [-0.3, -0.25) is 9.69 Å². The Morgan fingerprint density at radius 3 is 2.00 bits per heavy atom. The quantitative estimate of drug-likeness (QED) is 0.618. The molecule has 1 amide bonds. The summed E-state index contributed by atoms with van der Waals surface area (Å²) < 4.78 is 0. The van der Waals surface area contributed by atoms with Crippen LogP contribution in [0, 0.1) is 0 Å². The highest BCUT2D eigenvalue weighted by Gasteiger charge is 2.51. The van der Waals surface area contributed by atoms with Gasteiger partial charge in [-0.1, -0.05) is 78.3 Å². The molecule has 0 saturated heterocycles. The molecule has 4 rings (SSSR count). The third-order valence-corrected chi connectivity index (χ3v) is 4.78. The summed E-state index contributed by atoms with van der Waals surface area (Å²) in [6.45, 7) is 0. The lowest BCUT2D eigenvalue weighted by Gasteiger charge is -2.23. The Balaban J connectivity index is 1.96. The minimum atomic E-state index is -1.19.